The lowest BCUT2D eigenvalue weighted by Crippen LogP contribution is -2.10. The Labute approximate surface area is 166 Å². The summed E-state index contributed by atoms with van der Waals surface area (Å²) in [4.78, 5) is 16.9. The summed E-state index contributed by atoms with van der Waals surface area (Å²) < 4.78 is 11.7. The van der Waals surface area contributed by atoms with E-state index in [-0.39, 0.29) is 0 Å². The molecule has 28 heavy (non-hydrogen) atoms. The molecular formula is C22H18N2O3S. The molecule has 0 amide bonds. The van der Waals surface area contributed by atoms with Crippen LogP contribution in [0.5, 0.6) is 0 Å². The molecule has 4 rings (SSSR count). The van der Waals surface area contributed by atoms with E-state index in [2.05, 4.69) is 12.1 Å². The number of thiazole rings is 1. The van der Waals surface area contributed by atoms with E-state index >= 15 is 0 Å². The van der Waals surface area contributed by atoms with Gasteiger partial charge in [-0.2, -0.15) is 0 Å². The fourth-order valence-electron chi connectivity index (χ4n) is 3.04. The highest BCUT2D eigenvalue weighted by molar-refractivity contribution is 7.13. The van der Waals surface area contributed by atoms with Gasteiger partial charge in [-0.3, -0.25) is 0 Å². The maximum absolute atomic E-state index is 12.2. The monoisotopic (exact) mass is 390 g/mol. The minimum atomic E-state index is -0.468. The van der Waals surface area contributed by atoms with E-state index in [1.165, 1.54) is 20.5 Å². The Morgan fingerprint density at radius 2 is 1.89 bits per heavy atom. The van der Waals surface area contributed by atoms with Gasteiger partial charge in [-0.1, -0.05) is 42.5 Å². The number of methoxy groups -OCH3 is 2. The molecule has 0 bridgehead atoms. The van der Waals surface area contributed by atoms with Crippen molar-refractivity contribution in [2.75, 3.05) is 14.2 Å². The molecule has 0 saturated carbocycles. The van der Waals surface area contributed by atoms with Gasteiger partial charge in [0.25, 0.3) is 0 Å². The summed E-state index contributed by atoms with van der Waals surface area (Å²) in [6.07, 6.45) is 3.21. The molecule has 0 N–H and O–H groups in total. The summed E-state index contributed by atoms with van der Waals surface area (Å²) in [5.74, 6) is -0.468. The summed E-state index contributed by atoms with van der Waals surface area (Å²) in [6.45, 7) is 0. The van der Waals surface area contributed by atoms with Crippen molar-refractivity contribution in [3.8, 4) is 21.8 Å². The van der Waals surface area contributed by atoms with Crippen molar-refractivity contribution in [2.45, 2.75) is 0 Å². The molecule has 0 aliphatic carbocycles. The molecular weight excluding hydrogens is 372 g/mol. The Morgan fingerprint density at radius 1 is 1.07 bits per heavy atom. The van der Waals surface area contributed by atoms with Crippen LogP contribution in [0.15, 0.2) is 72.4 Å². The molecule has 0 aliphatic rings. The second-order valence-electron chi connectivity index (χ2n) is 6.09. The van der Waals surface area contributed by atoms with Gasteiger partial charge in [0.2, 0.25) is 0 Å². The first kappa shape index (κ1) is 18.0. The summed E-state index contributed by atoms with van der Waals surface area (Å²) in [5.41, 5.74) is 4.15. The number of carbonyl (C=O) groups excluding carboxylic acids is 1. The average Bonchev–Trinajstić information content (AvgIpc) is 3.39. The average molecular weight is 390 g/mol. The van der Waals surface area contributed by atoms with Crippen molar-refractivity contribution < 1.29 is 14.3 Å². The zero-order valence-corrected chi connectivity index (χ0v) is 16.3. The van der Waals surface area contributed by atoms with E-state index in [1.54, 1.807) is 15.9 Å². The Kier molecular flexibility index (Phi) is 4.95. The molecule has 2 aromatic carbocycles. The first-order chi connectivity index (χ1) is 13.7. The smallest absolute Gasteiger partial charge is 0.358 e. The molecule has 2 aromatic heterocycles. The van der Waals surface area contributed by atoms with Crippen LogP contribution in [0.1, 0.15) is 0 Å². The Morgan fingerprint density at radius 3 is 2.64 bits per heavy atom. The highest BCUT2D eigenvalue weighted by Crippen LogP contribution is 2.31. The van der Waals surface area contributed by atoms with Gasteiger partial charge in [0.1, 0.15) is 11.3 Å². The molecule has 0 atom stereocenters. The number of rotatable bonds is 5. The van der Waals surface area contributed by atoms with Crippen LogP contribution in [0.3, 0.4) is 0 Å². The third-order valence-corrected chi connectivity index (χ3v) is 5.29. The molecule has 6 heteroatoms. The largest absolute Gasteiger partial charge is 0.502 e. The predicted octanol–water partition coefficient (Wildman–Crippen LogP) is 5.05. The van der Waals surface area contributed by atoms with Crippen LogP contribution in [-0.2, 0) is 14.3 Å². The normalized spacial score (nSPS) is 11.6. The van der Waals surface area contributed by atoms with Gasteiger partial charge in [0.05, 0.1) is 25.4 Å². The third-order valence-electron chi connectivity index (χ3n) is 4.40. The van der Waals surface area contributed by atoms with E-state index in [0.29, 0.717) is 5.70 Å². The quantitative estimate of drug-likeness (QED) is 0.272. The highest BCUT2D eigenvalue weighted by atomic mass is 32.1. The van der Waals surface area contributed by atoms with Crippen LogP contribution in [0.4, 0.5) is 0 Å². The number of hydrogen-bond donors (Lipinski definition) is 0. The van der Waals surface area contributed by atoms with Gasteiger partial charge in [0.15, 0.2) is 5.70 Å². The van der Waals surface area contributed by atoms with Crippen LogP contribution < -0.4 is 0 Å². The van der Waals surface area contributed by atoms with Crippen LogP contribution >= 0.6 is 11.3 Å². The summed E-state index contributed by atoms with van der Waals surface area (Å²) in [6, 6.07) is 18.1. The van der Waals surface area contributed by atoms with Crippen molar-refractivity contribution in [2.24, 2.45) is 0 Å². The lowest BCUT2D eigenvalue weighted by molar-refractivity contribution is -0.134. The van der Waals surface area contributed by atoms with E-state index in [9.17, 15) is 4.79 Å². The van der Waals surface area contributed by atoms with Gasteiger partial charge in [-0.05, 0) is 17.5 Å². The fourth-order valence-corrected chi connectivity index (χ4v) is 3.87. The van der Waals surface area contributed by atoms with Crippen LogP contribution in [0.2, 0.25) is 0 Å². The fraction of sp³-hybridized carbons (Fsp3) is 0.0909. The molecule has 0 unspecified atom stereocenters. The Bertz CT molecular complexity index is 1160. The summed E-state index contributed by atoms with van der Waals surface area (Å²) >= 11 is 1.61. The van der Waals surface area contributed by atoms with Crippen molar-refractivity contribution in [1.82, 2.24) is 9.55 Å². The molecule has 5 nitrogen and oxygen atoms in total. The van der Waals surface area contributed by atoms with Gasteiger partial charge in [-0.15, -0.1) is 11.3 Å². The van der Waals surface area contributed by atoms with E-state index in [4.69, 9.17) is 14.5 Å². The Balaban J connectivity index is 1.77. The number of benzene rings is 2. The van der Waals surface area contributed by atoms with Crippen molar-refractivity contribution >= 4 is 33.9 Å². The minimum Gasteiger partial charge on any atom is -0.502 e. The molecule has 0 spiro atoms. The predicted molar refractivity (Wildman–Crippen MR) is 112 cm³/mol. The molecule has 0 saturated heterocycles. The van der Waals surface area contributed by atoms with Gasteiger partial charge in [-0.25, -0.2) is 9.78 Å². The second-order valence-corrected chi connectivity index (χ2v) is 6.95. The first-order valence-electron chi connectivity index (χ1n) is 8.65. The van der Waals surface area contributed by atoms with Gasteiger partial charge >= 0.3 is 5.97 Å². The lowest BCUT2D eigenvalue weighted by atomic mass is 10.1. The molecule has 0 fully saturated rings. The van der Waals surface area contributed by atoms with Crippen LogP contribution in [-0.4, -0.2) is 29.7 Å². The zero-order chi connectivity index (χ0) is 19.5. The topological polar surface area (TPSA) is 53.4 Å². The maximum atomic E-state index is 12.2. The SMILES string of the molecule is CO/C=C(/C(=O)OC)n1ccc2ccc(-c3csc(-c4ccccc4)n3)cc21. The van der Waals surface area contributed by atoms with Crippen molar-refractivity contribution in [3.63, 3.8) is 0 Å². The summed E-state index contributed by atoms with van der Waals surface area (Å²) in [7, 11) is 2.85. The van der Waals surface area contributed by atoms with E-state index in [1.807, 2.05) is 54.0 Å². The maximum Gasteiger partial charge on any atom is 0.358 e. The van der Waals surface area contributed by atoms with Gasteiger partial charge < -0.3 is 14.0 Å². The molecule has 0 aliphatic heterocycles. The zero-order valence-electron chi connectivity index (χ0n) is 15.5. The standard InChI is InChI=1S/C22H18N2O3S/c1-26-13-20(22(25)27-2)24-11-10-15-8-9-17(12-19(15)24)18-14-28-21(23-18)16-6-4-3-5-7-16/h3-14H,1-2H3/b20-13-. The summed E-state index contributed by atoms with van der Waals surface area (Å²) in [5, 5.41) is 4.02. The van der Waals surface area contributed by atoms with E-state index < -0.39 is 5.97 Å². The van der Waals surface area contributed by atoms with Gasteiger partial charge in [0, 0.05) is 22.7 Å². The first-order valence-corrected chi connectivity index (χ1v) is 9.53. The number of fused-ring (bicyclic) bond motifs is 1. The molecule has 4 aromatic rings. The molecule has 2 heterocycles. The van der Waals surface area contributed by atoms with Crippen molar-refractivity contribution in [3.05, 3.63) is 72.4 Å². The number of nitrogens with zero attached hydrogens (tertiary/aromatic N) is 2. The van der Waals surface area contributed by atoms with E-state index in [0.717, 1.165) is 32.7 Å². The van der Waals surface area contributed by atoms with Crippen molar-refractivity contribution in [1.29, 1.82) is 0 Å². The number of hydrogen-bond acceptors (Lipinski definition) is 5. The minimum absolute atomic E-state index is 0.306. The third kappa shape index (κ3) is 3.30. The number of carbonyl (C=O) groups is 1. The van der Waals surface area contributed by atoms with Crippen LogP contribution in [0.25, 0.3) is 38.4 Å². The number of ether oxygens (including phenoxy) is 2. The second kappa shape index (κ2) is 7.70. The van der Waals surface area contributed by atoms with Crippen LogP contribution in [0, 0.1) is 0 Å². The number of aromatic nitrogens is 2. The number of esters is 1. The molecule has 0 radical (unpaired) electrons. The molecule has 140 valence electrons. The highest BCUT2D eigenvalue weighted by Gasteiger charge is 2.16. The Hall–Kier alpha value is -3.38. The lowest BCUT2D eigenvalue weighted by Gasteiger charge is -2.09.